The lowest BCUT2D eigenvalue weighted by Gasteiger charge is -2.27. The lowest BCUT2D eigenvalue weighted by molar-refractivity contribution is -0.168. The minimum Gasteiger partial charge on any atom is -0.463 e. The summed E-state index contributed by atoms with van der Waals surface area (Å²) in [6.45, 7) is 39.7. The van der Waals surface area contributed by atoms with Gasteiger partial charge in [-0.15, -0.1) is 0 Å². The molecule has 20 aliphatic rings. The lowest BCUT2D eigenvalue weighted by atomic mass is 9.74. The highest BCUT2D eigenvalue weighted by Gasteiger charge is 2.74. The van der Waals surface area contributed by atoms with E-state index in [0.29, 0.717) is 78.9 Å². The summed E-state index contributed by atoms with van der Waals surface area (Å²) in [4.78, 5) is 181. The number of esters is 16. The number of fused-ring (bicyclic) bond motifs is 6. The minimum atomic E-state index is -3.53. The van der Waals surface area contributed by atoms with Crippen LogP contribution in [0, 0.1) is 93.7 Å². The van der Waals surface area contributed by atoms with E-state index >= 15 is 0 Å². The maximum Gasteiger partial charge on any atom is 0.347 e. The molecule has 716 valence electrons. The van der Waals surface area contributed by atoms with E-state index in [1.165, 1.54) is 20.8 Å². The normalized spacial score (nSPS) is 37.8. The van der Waals surface area contributed by atoms with Crippen molar-refractivity contribution in [2.24, 2.45) is 82.3 Å². The Bertz CT molecular complexity index is 5130. The molecule has 0 amide bonds. The molecule has 32 atom stereocenters. The Balaban J connectivity index is 0.000000129. The van der Waals surface area contributed by atoms with Crippen molar-refractivity contribution < 1.29 is 182 Å². The summed E-state index contributed by atoms with van der Waals surface area (Å²) in [6, 6.07) is 2.11. The number of ether oxygens (including phenoxy) is 17. The highest BCUT2D eigenvalue weighted by atomic mass is 32.2. The monoisotopic (exact) mass is 1890 g/mol. The van der Waals surface area contributed by atoms with E-state index in [2.05, 4.69) is 68.2 Å². The number of rotatable bonds is 20. The molecule has 10 heterocycles. The Morgan fingerprint density at radius 2 is 0.780 bits per heavy atom. The summed E-state index contributed by atoms with van der Waals surface area (Å²) in [5, 5.41) is 8.39. The van der Waals surface area contributed by atoms with Crippen LogP contribution in [-0.2, 0) is 186 Å². The van der Waals surface area contributed by atoms with Crippen LogP contribution in [0.2, 0.25) is 0 Å². The van der Waals surface area contributed by atoms with E-state index in [-0.39, 0.29) is 166 Å². The zero-order valence-electron chi connectivity index (χ0n) is 73.8. The van der Waals surface area contributed by atoms with Crippen molar-refractivity contribution in [3.05, 3.63) is 97.2 Å². The quantitative estimate of drug-likeness (QED) is 0.0705. The van der Waals surface area contributed by atoms with E-state index in [4.69, 9.17) is 79.4 Å². The zero-order chi connectivity index (χ0) is 96.4. The molecule has 132 heavy (non-hydrogen) atoms. The number of nitriles is 1. The first-order valence-corrected chi connectivity index (χ1v) is 46.2. The first-order valence-electron chi connectivity index (χ1n) is 43.3. The van der Waals surface area contributed by atoms with Crippen molar-refractivity contribution in [2.45, 2.75) is 247 Å². The molecule has 10 aliphatic heterocycles. The average Bonchev–Trinajstić information content (AvgIpc) is 1.53. The van der Waals surface area contributed by atoms with Gasteiger partial charge in [-0.1, -0.05) is 52.6 Å². The molecule has 32 unspecified atom stereocenters. The Morgan fingerprint density at radius 3 is 1.20 bits per heavy atom. The first-order chi connectivity index (χ1) is 62.0. The van der Waals surface area contributed by atoms with Gasteiger partial charge in [-0.3, -0.25) is 32.3 Å². The SMILES string of the molecule is C=C(C)C(=O)OC1C2CC3C(=O)OC1C3C2.C=C(C)C(=O)OC1C2CC3C(=O)OC1C3O2.C=C(C)C(=O)OC1C2CC3C1OC(=O)C3(C#N)C2.C=C(C)C(=O)OC1C2CC3C1OS(=O)(=O)C3C2.C=C(C)C(=O)OC1CCOC1=O.C=C(C)C(=O)OC1COC(=O)C1.C=C(C)C(=O)OCC(=O)OC1C2CC3C(=O)OC1C3C2.C=C(C)C(=O)OCC(=O)OC1C2CC3C1OS(=O)(=O)C3C2. The van der Waals surface area contributed by atoms with Crippen LogP contribution in [0.25, 0.3) is 0 Å². The van der Waals surface area contributed by atoms with Gasteiger partial charge in [-0.25, -0.2) is 52.7 Å². The van der Waals surface area contributed by atoms with Crippen LogP contribution in [-0.4, -0.2) is 247 Å². The summed E-state index contributed by atoms with van der Waals surface area (Å²) in [7, 11) is -6.96. The van der Waals surface area contributed by atoms with Crippen LogP contribution < -0.4 is 0 Å². The second-order valence-corrected chi connectivity index (χ2v) is 40.5. The third-order valence-corrected chi connectivity index (χ3v) is 30.9. The van der Waals surface area contributed by atoms with Gasteiger partial charge in [0.2, 0.25) is 6.10 Å². The molecule has 10 saturated carbocycles. The summed E-state index contributed by atoms with van der Waals surface area (Å²) in [5.41, 5.74) is 1.43. The number of carbonyl (C=O) groups is 16. The standard InChI is InChI=1S/C14H16O6.C13H13NO4.C13H16O7S.C12H14O4.C11H14O5S.C11H12O5.2C8H10O4/c1-6(2)13(16)18-5-10(15)19-11-7-3-8-9(4-7)14(17)20-12(8)11;1-6(2)11(15)17-9-7-3-8-10(9)18-12(16)13(8,4-7)5-14;1-6(2)13(15)18-5-10(14)19-11-7-3-8-9(4-7)21(16,17)20-12(8)11;1-5(2)11(13)15-9-6-3-7-8(4-6)12(14)16-10(7)9;1-5(2)11(12)15-9-6-3-7-8(4-6)17(13,14)16-10(7)9;1-4(2)10(12)15-8-6-3-5-7(14-6)9(8)16-11(5)13;1-5(2)8(10)12-6-3-7(9)11-4-6;1-5(2)7(9)12-6-3-4-11-8(6)10/h7-9,11-12H,1,3-5H2,2H3;7-10H,1,3-4H2,2H3;7-9,11-12H,1,3-5H2,2H3;6-10H,1,3-4H2,2H3;6-10H,1,3-4H2,2H3;5-9H,1,3H2,2H3;2*6H,1,3-4H2,2H3. The smallest absolute Gasteiger partial charge is 0.347 e. The van der Waals surface area contributed by atoms with Gasteiger partial charge in [0.05, 0.1) is 53.5 Å². The molecule has 10 aliphatic carbocycles. The van der Waals surface area contributed by atoms with Crippen molar-refractivity contribution in [2.75, 3.05) is 26.4 Å². The van der Waals surface area contributed by atoms with Gasteiger partial charge < -0.3 is 80.5 Å². The van der Waals surface area contributed by atoms with Crippen LogP contribution in [0.5, 0.6) is 0 Å². The van der Waals surface area contributed by atoms with Gasteiger partial charge in [0, 0.05) is 110 Å². The fourth-order valence-electron chi connectivity index (χ4n) is 21.3. The molecule has 20 rings (SSSR count). The van der Waals surface area contributed by atoms with Crippen LogP contribution >= 0.6 is 0 Å². The molecular weight excluding hydrogens is 1780 g/mol. The Hall–Kier alpha value is -11.3. The van der Waals surface area contributed by atoms with E-state index in [1.807, 2.05) is 0 Å². The highest BCUT2D eigenvalue weighted by molar-refractivity contribution is 7.88. The average molecular weight is 1890 g/mol. The fraction of sp³-hybridized carbons (Fsp3) is 0.633. The zero-order valence-corrected chi connectivity index (χ0v) is 75.4. The molecule has 10 saturated heterocycles. The van der Waals surface area contributed by atoms with E-state index < -0.39 is 177 Å². The predicted octanol–water partition coefficient (Wildman–Crippen LogP) is 4.40. The van der Waals surface area contributed by atoms with Crippen molar-refractivity contribution in [1.82, 2.24) is 0 Å². The summed E-state index contributed by atoms with van der Waals surface area (Å²) in [5.74, 6) is -6.32. The molecule has 40 nitrogen and oxygen atoms in total. The van der Waals surface area contributed by atoms with Crippen LogP contribution in [0.4, 0.5) is 0 Å². The van der Waals surface area contributed by atoms with Gasteiger partial charge in [-0.2, -0.15) is 22.1 Å². The predicted molar refractivity (Wildman–Crippen MR) is 438 cm³/mol. The molecule has 0 aromatic rings. The molecule has 20 fully saturated rings. The van der Waals surface area contributed by atoms with Gasteiger partial charge in [0.25, 0.3) is 20.2 Å². The third-order valence-electron chi connectivity index (χ3n) is 27.4. The van der Waals surface area contributed by atoms with Crippen molar-refractivity contribution in [1.29, 1.82) is 5.26 Å². The third kappa shape index (κ3) is 19.9. The van der Waals surface area contributed by atoms with Crippen LogP contribution in [0.1, 0.15) is 139 Å². The molecule has 0 aromatic heterocycles. The Kier molecular flexibility index (Phi) is 28.8. The van der Waals surface area contributed by atoms with Gasteiger partial charge >= 0.3 is 95.5 Å². The van der Waals surface area contributed by atoms with E-state index in [9.17, 15) is 98.8 Å². The van der Waals surface area contributed by atoms with Gasteiger partial charge in [-0.05, 0) is 126 Å². The first kappa shape index (κ1) is 98.2. The molecule has 0 spiro atoms. The maximum absolute atomic E-state index is 11.8. The van der Waals surface area contributed by atoms with Crippen LogP contribution in [0.3, 0.4) is 0 Å². The molecular formula is C90H105NO39S2. The van der Waals surface area contributed by atoms with E-state index in [0.717, 1.165) is 38.5 Å². The Labute approximate surface area is 758 Å². The molecule has 0 radical (unpaired) electrons. The molecule has 0 aromatic carbocycles. The Morgan fingerprint density at radius 1 is 0.394 bits per heavy atom. The topological polar surface area (TPSA) is 541 Å². The second-order valence-electron chi connectivity index (χ2n) is 37.0. The lowest BCUT2D eigenvalue weighted by Crippen LogP contribution is -2.40. The number of cyclic esters (lactones) is 2. The molecule has 0 N–H and O–H groups in total. The van der Waals surface area contributed by atoms with Gasteiger partial charge in [0.1, 0.15) is 79.9 Å². The summed E-state index contributed by atoms with van der Waals surface area (Å²) >= 11 is 0. The van der Waals surface area contributed by atoms with E-state index in [1.54, 1.807) is 34.6 Å². The minimum absolute atomic E-state index is 0.00284. The van der Waals surface area contributed by atoms with Crippen molar-refractivity contribution >= 4 is 116 Å². The summed E-state index contributed by atoms with van der Waals surface area (Å²) < 4.78 is 144. The molecule has 12 bridgehead atoms. The van der Waals surface area contributed by atoms with Crippen molar-refractivity contribution in [3.8, 4) is 6.07 Å². The largest absolute Gasteiger partial charge is 0.463 e. The van der Waals surface area contributed by atoms with Gasteiger partial charge in [0.15, 0.2) is 30.8 Å². The number of carbonyl (C=O) groups excluding carboxylic acids is 16. The number of hydrogen-bond donors (Lipinski definition) is 0. The number of nitrogens with zero attached hydrogens (tertiary/aromatic N) is 1. The second kappa shape index (κ2) is 38.7. The highest BCUT2D eigenvalue weighted by Crippen LogP contribution is 2.63. The van der Waals surface area contributed by atoms with Crippen LogP contribution in [0.15, 0.2) is 97.2 Å². The fourth-order valence-corrected chi connectivity index (χ4v) is 25.0. The number of hydrogen-bond acceptors (Lipinski definition) is 40. The van der Waals surface area contributed by atoms with Crippen molar-refractivity contribution in [3.63, 3.8) is 0 Å². The maximum atomic E-state index is 11.8. The molecule has 42 heteroatoms. The summed E-state index contributed by atoms with van der Waals surface area (Å²) in [6.07, 6.45) is 1.71.